The molecule has 1 aliphatic heterocycles. The monoisotopic (exact) mass is 254 g/mol. The molecule has 2 fully saturated rings. The fourth-order valence-corrected chi connectivity index (χ4v) is 2.96. The maximum absolute atomic E-state index is 10.9. The van der Waals surface area contributed by atoms with Gasteiger partial charge in [-0.2, -0.15) is 0 Å². The molecule has 0 aromatic heterocycles. The molecule has 2 aliphatic rings. The molecule has 1 unspecified atom stereocenters. The van der Waals surface area contributed by atoms with Crippen LogP contribution in [0.3, 0.4) is 0 Å². The molecule has 0 aromatic carbocycles. The van der Waals surface area contributed by atoms with E-state index in [2.05, 4.69) is 0 Å². The molecule has 0 bridgehead atoms. The molecule has 0 spiro atoms. The van der Waals surface area contributed by atoms with Gasteiger partial charge in [-0.3, -0.25) is 0 Å². The van der Waals surface area contributed by atoms with E-state index in [9.17, 15) is 5.11 Å². The molecule has 1 saturated heterocycles. The predicted molar refractivity (Wildman–Crippen MR) is 73.3 cm³/mol. The Labute approximate surface area is 111 Å². The van der Waals surface area contributed by atoms with Crippen LogP contribution in [0.5, 0.6) is 0 Å². The van der Waals surface area contributed by atoms with Gasteiger partial charge in [0.15, 0.2) is 0 Å². The summed E-state index contributed by atoms with van der Waals surface area (Å²) in [5.74, 6) is 0.293. The van der Waals surface area contributed by atoms with Crippen molar-refractivity contribution in [1.82, 2.24) is 0 Å². The van der Waals surface area contributed by atoms with Crippen molar-refractivity contribution in [3.8, 4) is 0 Å². The summed E-state index contributed by atoms with van der Waals surface area (Å²) in [6.45, 7) is 10.0. The Balaban J connectivity index is 2.12. The quantitative estimate of drug-likeness (QED) is 0.770. The second-order valence-corrected chi connectivity index (χ2v) is 7.15. The summed E-state index contributed by atoms with van der Waals surface area (Å²) >= 11 is 0. The fraction of sp³-hybridized carbons (Fsp3) is 1.00. The first-order valence-corrected chi connectivity index (χ1v) is 7.25. The van der Waals surface area contributed by atoms with Gasteiger partial charge < -0.3 is 14.4 Å². The van der Waals surface area contributed by atoms with Crippen molar-refractivity contribution in [2.75, 3.05) is 0 Å². The van der Waals surface area contributed by atoms with Gasteiger partial charge in [0, 0.05) is 0 Å². The van der Waals surface area contributed by atoms with Gasteiger partial charge in [0.05, 0.1) is 11.2 Å². The molecule has 4 heteroatoms. The Morgan fingerprint density at radius 2 is 1.44 bits per heavy atom. The lowest BCUT2D eigenvalue weighted by atomic mass is 9.58. The summed E-state index contributed by atoms with van der Waals surface area (Å²) in [6.07, 6.45) is 5.87. The van der Waals surface area contributed by atoms with E-state index in [0.717, 1.165) is 12.8 Å². The minimum atomic E-state index is -0.883. The van der Waals surface area contributed by atoms with Crippen LogP contribution in [0, 0.1) is 5.92 Å². The van der Waals surface area contributed by atoms with Gasteiger partial charge in [0.2, 0.25) is 0 Å². The van der Waals surface area contributed by atoms with E-state index in [0.29, 0.717) is 5.92 Å². The van der Waals surface area contributed by atoms with Crippen LogP contribution in [0.1, 0.15) is 66.7 Å². The zero-order valence-electron chi connectivity index (χ0n) is 12.5. The molecule has 3 nitrogen and oxygen atoms in total. The molecular formula is C14H27BO3. The smallest absolute Gasteiger partial charge is 0.401 e. The molecule has 104 valence electrons. The number of rotatable bonds is 2. The van der Waals surface area contributed by atoms with Gasteiger partial charge >= 0.3 is 7.12 Å². The molecule has 1 atom stereocenters. The van der Waals surface area contributed by atoms with Crippen molar-refractivity contribution in [1.29, 1.82) is 0 Å². The van der Waals surface area contributed by atoms with E-state index >= 15 is 0 Å². The van der Waals surface area contributed by atoms with E-state index in [4.69, 9.17) is 9.31 Å². The second kappa shape index (κ2) is 4.50. The minimum absolute atomic E-state index is 0.293. The van der Waals surface area contributed by atoms with Crippen LogP contribution in [-0.4, -0.2) is 28.9 Å². The van der Waals surface area contributed by atoms with Crippen molar-refractivity contribution < 1.29 is 14.4 Å². The van der Waals surface area contributed by atoms with Crippen LogP contribution in [0.25, 0.3) is 0 Å². The van der Waals surface area contributed by atoms with Crippen LogP contribution in [0.2, 0.25) is 0 Å². The second-order valence-electron chi connectivity index (χ2n) is 7.15. The third-order valence-electron chi connectivity index (χ3n) is 5.16. The summed E-state index contributed by atoms with van der Waals surface area (Å²) in [4.78, 5) is 0. The van der Waals surface area contributed by atoms with E-state index in [1.165, 1.54) is 19.3 Å². The highest BCUT2D eigenvalue weighted by molar-refractivity contribution is 6.49. The summed E-state index contributed by atoms with van der Waals surface area (Å²) in [5.41, 5.74) is -1.61. The van der Waals surface area contributed by atoms with Crippen molar-refractivity contribution in [3.05, 3.63) is 0 Å². The predicted octanol–water partition coefficient (Wildman–Crippen LogP) is 2.95. The zero-order chi connectivity index (χ0) is 13.6. The average molecular weight is 254 g/mol. The Hall–Kier alpha value is -0.0551. The highest BCUT2D eigenvalue weighted by Gasteiger charge is 2.59. The Kier molecular flexibility index (Phi) is 3.59. The first-order chi connectivity index (χ1) is 8.17. The topological polar surface area (TPSA) is 38.7 Å². The molecule has 1 N–H and O–H groups in total. The number of hydrogen-bond donors (Lipinski definition) is 1. The molecule has 1 aliphatic carbocycles. The Bertz CT molecular complexity index is 290. The van der Waals surface area contributed by atoms with Gasteiger partial charge in [0.1, 0.15) is 5.50 Å². The maximum atomic E-state index is 10.9. The highest BCUT2D eigenvalue weighted by Crippen LogP contribution is 2.43. The zero-order valence-corrected chi connectivity index (χ0v) is 12.5. The molecule has 0 aromatic rings. The first kappa shape index (κ1) is 14.4. The SMILES string of the molecule is CC(O)(B1OC(C)(C)C(C)(C)O1)C1CCCCC1. The third-order valence-corrected chi connectivity index (χ3v) is 5.16. The fourth-order valence-electron chi connectivity index (χ4n) is 2.96. The summed E-state index contributed by atoms with van der Waals surface area (Å²) < 4.78 is 12.0. The Morgan fingerprint density at radius 3 is 1.89 bits per heavy atom. The van der Waals surface area contributed by atoms with Crippen molar-refractivity contribution >= 4 is 7.12 Å². The normalized spacial score (nSPS) is 31.3. The van der Waals surface area contributed by atoms with Crippen LogP contribution in [0.15, 0.2) is 0 Å². The molecule has 1 heterocycles. The van der Waals surface area contributed by atoms with E-state index in [1.807, 2.05) is 34.6 Å². The molecule has 18 heavy (non-hydrogen) atoms. The van der Waals surface area contributed by atoms with Crippen LogP contribution < -0.4 is 0 Å². The van der Waals surface area contributed by atoms with Crippen LogP contribution in [-0.2, 0) is 9.31 Å². The largest absolute Gasteiger partial charge is 0.492 e. The van der Waals surface area contributed by atoms with Crippen molar-refractivity contribution in [2.24, 2.45) is 5.92 Å². The van der Waals surface area contributed by atoms with E-state index in [1.54, 1.807) is 0 Å². The average Bonchev–Trinajstić information content (AvgIpc) is 2.50. The summed E-state index contributed by atoms with van der Waals surface area (Å²) in [6, 6.07) is 0. The first-order valence-electron chi connectivity index (χ1n) is 7.25. The van der Waals surface area contributed by atoms with Gasteiger partial charge in [-0.05, 0) is 53.4 Å². The number of aliphatic hydroxyl groups is 1. The van der Waals surface area contributed by atoms with Crippen molar-refractivity contribution in [3.63, 3.8) is 0 Å². The molecule has 0 radical (unpaired) electrons. The molecular weight excluding hydrogens is 227 g/mol. The lowest BCUT2D eigenvalue weighted by Gasteiger charge is -2.36. The maximum Gasteiger partial charge on any atom is 0.492 e. The van der Waals surface area contributed by atoms with Gasteiger partial charge in [-0.25, -0.2) is 0 Å². The Morgan fingerprint density at radius 1 is 1.00 bits per heavy atom. The third kappa shape index (κ3) is 2.35. The van der Waals surface area contributed by atoms with Gasteiger partial charge in [-0.1, -0.05) is 19.3 Å². The van der Waals surface area contributed by atoms with Gasteiger partial charge in [0.25, 0.3) is 0 Å². The van der Waals surface area contributed by atoms with E-state index in [-0.39, 0.29) is 11.2 Å². The summed E-state index contributed by atoms with van der Waals surface area (Å²) in [7, 11) is -0.509. The van der Waals surface area contributed by atoms with Crippen LogP contribution in [0.4, 0.5) is 0 Å². The minimum Gasteiger partial charge on any atom is -0.401 e. The van der Waals surface area contributed by atoms with Crippen LogP contribution >= 0.6 is 0 Å². The van der Waals surface area contributed by atoms with Gasteiger partial charge in [-0.15, -0.1) is 0 Å². The molecule has 0 amide bonds. The van der Waals surface area contributed by atoms with E-state index < -0.39 is 12.6 Å². The summed E-state index contributed by atoms with van der Waals surface area (Å²) in [5, 5.41) is 10.9. The molecule has 2 rings (SSSR count). The highest BCUT2D eigenvalue weighted by atomic mass is 16.7. The lowest BCUT2D eigenvalue weighted by molar-refractivity contribution is 0.00578. The molecule has 1 saturated carbocycles. The lowest BCUT2D eigenvalue weighted by Crippen LogP contribution is -2.52. The van der Waals surface area contributed by atoms with Crippen molar-refractivity contribution in [2.45, 2.75) is 83.4 Å². The number of hydrogen-bond acceptors (Lipinski definition) is 3. The standard InChI is InChI=1S/C14H27BO3/c1-12(2)13(3,4)18-15(17-12)14(5,16)11-9-7-6-8-10-11/h11,16H,6-10H2,1-5H3.